The number of nitrogens with zero attached hydrogens (tertiary/aromatic N) is 2. The average Bonchev–Trinajstić information content (AvgIpc) is 3.19. The van der Waals surface area contributed by atoms with Gasteiger partial charge in [-0.15, -0.1) is 10.2 Å². The molecule has 9 heteroatoms. The molecule has 0 aliphatic heterocycles. The van der Waals surface area contributed by atoms with Gasteiger partial charge in [-0.3, -0.25) is 20.4 Å². The van der Waals surface area contributed by atoms with Gasteiger partial charge in [-0.2, -0.15) is 0 Å². The molecular weight excluding hydrogens is 380 g/mol. The first kappa shape index (κ1) is 19.4. The molecule has 0 bridgehead atoms. The minimum absolute atomic E-state index is 0.0122. The van der Waals surface area contributed by atoms with E-state index in [1.807, 2.05) is 31.2 Å². The van der Waals surface area contributed by atoms with Gasteiger partial charge in [0.25, 0.3) is 11.1 Å². The first-order valence-electron chi connectivity index (χ1n) is 8.32. The second-order valence-electron chi connectivity index (χ2n) is 5.71. The summed E-state index contributed by atoms with van der Waals surface area (Å²) in [6, 6.07) is 14.2. The summed E-state index contributed by atoms with van der Waals surface area (Å²) in [5.74, 6) is 0.219. The van der Waals surface area contributed by atoms with Crippen LogP contribution >= 0.6 is 11.8 Å². The van der Waals surface area contributed by atoms with Crippen molar-refractivity contribution in [3.8, 4) is 17.2 Å². The number of amides is 2. The van der Waals surface area contributed by atoms with Crippen molar-refractivity contribution < 1.29 is 18.7 Å². The fraction of sp³-hybridized carbons (Fsp3) is 0.158. The van der Waals surface area contributed by atoms with Crippen molar-refractivity contribution in [2.24, 2.45) is 0 Å². The number of methoxy groups -OCH3 is 1. The molecule has 28 heavy (non-hydrogen) atoms. The molecule has 0 saturated carbocycles. The summed E-state index contributed by atoms with van der Waals surface area (Å²) in [6.45, 7) is 1.95. The number of nitrogens with one attached hydrogen (secondary N) is 2. The largest absolute Gasteiger partial charge is 0.497 e. The summed E-state index contributed by atoms with van der Waals surface area (Å²) < 4.78 is 10.6. The van der Waals surface area contributed by atoms with Crippen LogP contribution in [0.1, 0.15) is 15.9 Å². The number of hydrazine groups is 1. The zero-order valence-corrected chi connectivity index (χ0v) is 16.1. The predicted molar refractivity (Wildman–Crippen MR) is 104 cm³/mol. The van der Waals surface area contributed by atoms with Crippen LogP contribution in [0.2, 0.25) is 0 Å². The molecule has 0 atom stereocenters. The molecule has 0 aliphatic rings. The van der Waals surface area contributed by atoms with Gasteiger partial charge in [-0.25, -0.2) is 0 Å². The number of ether oxygens (including phenoxy) is 1. The Hall–Kier alpha value is -3.33. The molecule has 8 nitrogen and oxygen atoms in total. The van der Waals surface area contributed by atoms with Crippen molar-refractivity contribution in [3.05, 3.63) is 59.7 Å². The summed E-state index contributed by atoms with van der Waals surface area (Å²) in [5, 5.41) is 8.21. The van der Waals surface area contributed by atoms with Crippen LogP contribution in [0, 0.1) is 6.92 Å². The first-order valence-corrected chi connectivity index (χ1v) is 9.31. The fourth-order valence-corrected chi connectivity index (χ4v) is 2.86. The number of rotatable bonds is 6. The second-order valence-corrected chi connectivity index (χ2v) is 6.63. The van der Waals surface area contributed by atoms with Gasteiger partial charge < -0.3 is 9.15 Å². The summed E-state index contributed by atoms with van der Waals surface area (Å²) in [6.07, 6.45) is 0. The lowest BCUT2D eigenvalue weighted by molar-refractivity contribution is -0.119. The van der Waals surface area contributed by atoms with E-state index in [0.29, 0.717) is 17.2 Å². The van der Waals surface area contributed by atoms with Gasteiger partial charge in [0.2, 0.25) is 11.8 Å². The maximum absolute atomic E-state index is 12.0. The molecular formula is C19H18N4O4S. The Bertz CT molecular complexity index is 972. The van der Waals surface area contributed by atoms with Gasteiger partial charge in [0.05, 0.1) is 12.9 Å². The summed E-state index contributed by atoms with van der Waals surface area (Å²) in [5.41, 5.74) is 6.96. The third-order valence-electron chi connectivity index (χ3n) is 3.78. The van der Waals surface area contributed by atoms with Crippen LogP contribution in [0.3, 0.4) is 0 Å². The quantitative estimate of drug-likeness (QED) is 0.485. The van der Waals surface area contributed by atoms with E-state index in [0.717, 1.165) is 22.9 Å². The average molecular weight is 398 g/mol. The van der Waals surface area contributed by atoms with Crippen molar-refractivity contribution >= 4 is 23.6 Å². The van der Waals surface area contributed by atoms with Crippen LogP contribution < -0.4 is 15.6 Å². The van der Waals surface area contributed by atoms with E-state index < -0.39 is 11.8 Å². The highest BCUT2D eigenvalue weighted by Gasteiger charge is 2.13. The van der Waals surface area contributed by atoms with E-state index in [1.165, 1.54) is 0 Å². The number of thioether (sulfide) groups is 1. The summed E-state index contributed by atoms with van der Waals surface area (Å²) >= 11 is 1.08. The maximum Gasteiger partial charge on any atom is 0.277 e. The van der Waals surface area contributed by atoms with Crippen molar-refractivity contribution in [1.82, 2.24) is 21.0 Å². The van der Waals surface area contributed by atoms with E-state index in [4.69, 9.17) is 9.15 Å². The van der Waals surface area contributed by atoms with Gasteiger partial charge in [-0.05, 0) is 42.8 Å². The standard InChI is InChI=1S/C19H18N4O4S/c1-12-5-3-4-6-15(12)18-22-23-19(27-18)28-11-16(24)20-21-17(25)13-7-9-14(26-2)10-8-13/h3-10H,11H2,1-2H3,(H,20,24)(H,21,25). The van der Waals surface area contributed by atoms with Crippen LogP contribution in [-0.2, 0) is 4.79 Å². The number of aromatic nitrogens is 2. The normalized spacial score (nSPS) is 10.4. The lowest BCUT2D eigenvalue weighted by Crippen LogP contribution is -2.42. The van der Waals surface area contributed by atoms with Crippen LogP contribution in [0.15, 0.2) is 58.2 Å². The van der Waals surface area contributed by atoms with Gasteiger partial charge in [0, 0.05) is 11.1 Å². The maximum atomic E-state index is 12.0. The number of hydrogen-bond donors (Lipinski definition) is 2. The van der Waals surface area contributed by atoms with E-state index in [1.54, 1.807) is 31.4 Å². The number of aryl methyl sites for hydroxylation is 1. The smallest absolute Gasteiger partial charge is 0.277 e. The number of benzene rings is 2. The van der Waals surface area contributed by atoms with Gasteiger partial charge in [-0.1, -0.05) is 30.0 Å². The molecule has 0 radical (unpaired) electrons. The molecule has 2 aromatic carbocycles. The molecule has 1 aromatic heterocycles. The topological polar surface area (TPSA) is 106 Å². The molecule has 3 rings (SSSR count). The Balaban J connectivity index is 1.48. The highest BCUT2D eigenvalue weighted by atomic mass is 32.2. The molecule has 2 N–H and O–H groups in total. The van der Waals surface area contributed by atoms with Crippen molar-refractivity contribution in [3.63, 3.8) is 0 Å². The monoisotopic (exact) mass is 398 g/mol. The van der Waals surface area contributed by atoms with Gasteiger partial charge in [0.15, 0.2) is 0 Å². The van der Waals surface area contributed by atoms with E-state index in [9.17, 15) is 9.59 Å². The SMILES string of the molecule is COc1ccc(C(=O)NNC(=O)CSc2nnc(-c3ccccc3C)o2)cc1. The highest BCUT2D eigenvalue weighted by Crippen LogP contribution is 2.25. The minimum atomic E-state index is -0.430. The zero-order chi connectivity index (χ0) is 19.9. The van der Waals surface area contributed by atoms with Crippen LogP contribution in [0.4, 0.5) is 0 Å². The van der Waals surface area contributed by atoms with Crippen LogP contribution in [0.25, 0.3) is 11.5 Å². The molecule has 0 saturated heterocycles. The number of hydrogen-bond acceptors (Lipinski definition) is 7. The number of carbonyl (C=O) groups is 2. The Kier molecular flexibility index (Phi) is 6.28. The molecule has 0 unspecified atom stereocenters. The van der Waals surface area contributed by atoms with E-state index >= 15 is 0 Å². The lowest BCUT2D eigenvalue weighted by Gasteiger charge is -2.07. The summed E-state index contributed by atoms with van der Waals surface area (Å²) in [4.78, 5) is 23.9. The van der Waals surface area contributed by atoms with Crippen LogP contribution in [0.5, 0.6) is 5.75 Å². The van der Waals surface area contributed by atoms with Crippen molar-refractivity contribution in [2.45, 2.75) is 12.1 Å². The van der Waals surface area contributed by atoms with Gasteiger partial charge in [0.1, 0.15) is 5.75 Å². The summed E-state index contributed by atoms with van der Waals surface area (Å²) in [7, 11) is 1.54. The number of carbonyl (C=O) groups excluding carboxylic acids is 2. The minimum Gasteiger partial charge on any atom is -0.497 e. The molecule has 0 aliphatic carbocycles. The highest BCUT2D eigenvalue weighted by molar-refractivity contribution is 7.99. The molecule has 3 aromatic rings. The molecule has 144 valence electrons. The predicted octanol–water partition coefficient (Wildman–Crippen LogP) is 2.61. The Morgan fingerprint density at radius 3 is 2.54 bits per heavy atom. The Morgan fingerprint density at radius 1 is 1.07 bits per heavy atom. The fourth-order valence-electron chi connectivity index (χ4n) is 2.29. The molecule has 0 spiro atoms. The third kappa shape index (κ3) is 4.89. The Morgan fingerprint density at radius 2 is 1.82 bits per heavy atom. The van der Waals surface area contributed by atoms with Crippen molar-refractivity contribution in [1.29, 1.82) is 0 Å². The third-order valence-corrected chi connectivity index (χ3v) is 4.59. The Labute approximate surface area is 165 Å². The first-order chi connectivity index (χ1) is 13.6. The molecule has 1 heterocycles. The second kappa shape index (κ2) is 9.05. The van der Waals surface area contributed by atoms with E-state index in [-0.39, 0.29) is 11.0 Å². The van der Waals surface area contributed by atoms with Gasteiger partial charge >= 0.3 is 0 Å². The molecule has 2 amide bonds. The lowest BCUT2D eigenvalue weighted by atomic mass is 10.1. The molecule has 0 fully saturated rings. The van der Waals surface area contributed by atoms with Crippen molar-refractivity contribution in [2.75, 3.05) is 12.9 Å². The zero-order valence-electron chi connectivity index (χ0n) is 15.3. The van der Waals surface area contributed by atoms with E-state index in [2.05, 4.69) is 21.0 Å². The van der Waals surface area contributed by atoms with Crippen LogP contribution in [-0.4, -0.2) is 34.9 Å².